The zero-order valence-electron chi connectivity index (χ0n) is 29.7. The van der Waals surface area contributed by atoms with E-state index < -0.39 is 30.2 Å². The van der Waals surface area contributed by atoms with Gasteiger partial charge in [0.05, 0.1) is 34.2 Å². The summed E-state index contributed by atoms with van der Waals surface area (Å²) in [5.74, 6) is -0.700. The number of aromatic hydroxyl groups is 1. The highest BCUT2D eigenvalue weighted by Crippen LogP contribution is 2.20. The Labute approximate surface area is 316 Å². The van der Waals surface area contributed by atoms with Gasteiger partial charge in [-0.25, -0.2) is 20.4 Å². The molecule has 0 unspecified atom stereocenters. The molecule has 0 aliphatic carbocycles. The molecule has 0 bridgehead atoms. The molecule has 0 fully saturated rings. The van der Waals surface area contributed by atoms with E-state index in [4.69, 9.17) is 8.83 Å². The number of hydrogen-bond acceptors (Lipinski definition) is 11. The first-order chi connectivity index (χ1) is 27.0. The normalized spacial score (nSPS) is 11.4. The average molecular weight is 751 g/mol. The van der Waals surface area contributed by atoms with Crippen LogP contribution < -0.4 is 27.6 Å². The van der Waals surface area contributed by atoms with Gasteiger partial charge in [-0.2, -0.15) is 10.2 Å². The number of carbonyl (C=O) groups excluding carboxylic acids is 2. The van der Waals surface area contributed by atoms with Crippen LogP contribution in [0.25, 0.3) is 33.2 Å². The summed E-state index contributed by atoms with van der Waals surface area (Å²) >= 11 is 0. The topological polar surface area (TPSA) is 213 Å². The fourth-order valence-corrected chi connectivity index (χ4v) is 5.99. The van der Waals surface area contributed by atoms with Crippen molar-refractivity contribution in [2.75, 3.05) is 0 Å². The molecule has 5 N–H and O–H groups in total. The van der Waals surface area contributed by atoms with E-state index in [1.54, 1.807) is 87.7 Å². The zero-order valence-corrected chi connectivity index (χ0v) is 29.7. The maximum atomic E-state index is 12.5. The number of hydrogen-bond donors (Lipinski definition) is 5. The summed E-state index contributed by atoms with van der Waals surface area (Å²) in [6.07, 6.45) is 2.87. The number of hydrazone groups is 2. The van der Waals surface area contributed by atoms with E-state index in [9.17, 15) is 34.3 Å². The SMILES string of the molecule is Cc1ccc2oc(=O)c3ccc(C(=O)N/N=C/c4ccc(O)cc4)cc3n12.Cc1ccc2oc(=O)c3ccc(C(=O)N/N=C/c4cccc(B(O)O)c4)cc3n12. The third kappa shape index (κ3) is 7.59. The van der Waals surface area contributed by atoms with Crippen LogP contribution in [0.5, 0.6) is 5.75 Å². The highest BCUT2D eigenvalue weighted by Gasteiger charge is 2.15. The lowest BCUT2D eigenvalue weighted by molar-refractivity contribution is 0.0947. The van der Waals surface area contributed by atoms with E-state index in [2.05, 4.69) is 21.1 Å². The molecule has 0 aliphatic rings. The van der Waals surface area contributed by atoms with E-state index in [1.807, 2.05) is 26.0 Å². The zero-order chi connectivity index (χ0) is 39.5. The van der Waals surface area contributed by atoms with Crippen LogP contribution in [0.4, 0.5) is 0 Å². The van der Waals surface area contributed by atoms with Crippen LogP contribution in [0.3, 0.4) is 0 Å². The summed E-state index contributed by atoms with van der Waals surface area (Å²) in [5, 5.41) is 36.3. The molecule has 0 radical (unpaired) electrons. The highest BCUT2D eigenvalue weighted by atomic mass is 16.4. The van der Waals surface area contributed by atoms with E-state index in [1.165, 1.54) is 30.6 Å². The van der Waals surface area contributed by atoms with Gasteiger partial charge < -0.3 is 24.0 Å². The first kappa shape index (κ1) is 36.8. The minimum absolute atomic E-state index is 0.156. The van der Waals surface area contributed by atoms with E-state index in [-0.39, 0.29) is 5.75 Å². The molecular weight excluding hydrogens is 719 g/mol. The minimum Gasteiger partial charge on any atom is -0.508 e. The number of amides is 2. The van der Waals surface area contributed by atoms with Gasteiger partial charge >= 0.3 is 18.4 Å². The largest absolute Gasteiger partial charge is 0.508 e. The maximum absolute atomic E-state index is 12.5. The number of aryl methyl sites for hydroxylation is 2. The van der Waals surface area contributed by atoms with Gasteiger partial charge in [-0.3, -0.25) is 18.4 Å². The Morgan fingerprint density at radius 2 is 1.14 bits per heavy atom. The molecule has 0 aliphatic heterocycles. The van der Waals surface area contributed by atoms with Crippen molar-refractivity contribution in [1.82, 2.24) is 19.7 Å². The van der Waals surface area contributed by atoms with Crippen LogP contribution in [0.1, 0.15) is 43.2 Å². The molecule has 4 aromatic heterocycles. The Kier molecular flexibility index (Phi) is 10.1. The van der Waals surface area contributed by atoms with Crippen molar-refractivity contribution in [3.05, 3.63) is 164 Å². The minimum atomic E-state index is -1.58. The Bertz CT molecular complexity index is 2980. The predicted octanol–water partition coefficient (Wildman–Crippen LogP) is 3.62. The second-order valence-corrected chi connectivity index (χ2v) is 12.6. The van der Waals surface area contributed by atoms with Gasteiger partial charge in [0.25, 0.3) is 11.8 Å². The molecular formula is C40H31BN6O9. The third-order valence-corrected chi connectivity index (χ3v) is 8.78. The number of fused-ring (bicyclic) bond motifs is 6. The van der Waals surface area contributed by atoms with E-state index in [0.717, 1.165) is 17.0 Å². The van der Waals surface area contributed by atoms with Gasteiger partial charge in [0, 0.05) is 34.6 Å². The molecule has 8 aromatic rings. The molecule has 4 heterocycles. The van der Waals surface area contributed by atoms with Gasteiger partial charge in [0.15, 0.2) is 0 Å². The Morgan fingerprint density at radius 3 is 1.64 bits per heavy atom. The van der Waals surface area contributed by atoms with Crippen LogP contribution in [0.2, 0.25) is 0 Å². The smallest absolute Gasteiger partial charge is 0.488 e. The average Bonchev–Trinajstić information content (AvgIpc) is 3.76. The molecule has 56 heavy (non-hydrogen) atoms. The van der Waals surface area contributed by atoms with Crippen LogP contribution in [-0.4, -0.2) is 55.3 Å². The maximum Gasteiger partial charge on any atom is 0.488 e. The predicted molar refractivity (Wildman–Crippen MR) is 211 cm³/mol. The molecule has 0 atom stereocenters. The lowest BCUT2D eigenvalue weighted by Gasteiger charge is -2.06. The van der Waals surface area contributed by atoms with E-state index >= 15 is 0 Å². The van der Waals surface area contributed by atoms with E-state index in [0.29, 0.717) is 55.4 Å². The standard InChI is InChI=1S/C20H16BN3O5.C20H15N3O4/c1-12-5-8-18-24(12)17-10-14(6-7-16(17)20(26)29-18)19(25)23-22-11-13-3-2-4-15(9-13)21(27)28;1-12-2-9-18-23(12)17-10-14(5-8-16(17)20(26)27-18)19(25)22-21-11-13-3-6-15(24)7-4-13/h2-11,27-28H,1H3,(H,23,25);2-11,24H,1H3,(H,22,25)/b22-11+;21-11+. The van der Waals surface area contributed by atoms with Gasteiger partial charge in [0.1, 0.15) is 5.75 Å². The Hall–Kier alpha value is -7.56. The molecule has 8 rings (SSSR count). The van der Waals surface area contributed by atoms with Gasteiger partial charge in [-0.15, -0.1) is 0 Å². The Balaban J connectivity index is 0.000000172. The third-order valence-electron chi connectivity index (χ3n) is 8.78. The van der Waals surface area contributed by atoms with Gasteiger partial charge in [0.2, 0.25) is 11.4 Å². The molecule has 16 heteroatoms. The van der Waals surface area contributed by atoms with Crippen LogP contribution in [0, 0.1) is 13.8 Å². The summed E-state index contributed by atoms with van der Waals surface area (Å²) in [4.78, 5) is 49.1. The summed E-state index contributed by atoms with van der Waals surface area (Å²) in [7, 11) is -1.58. The highest BCUT2D eigenvalue weighted by molar-refractivity contribution is 6.58. The summed E-state index contributed by atoms with van der Waals surface area (Å²) in [6, 6.07) is 29.4. The molecule has 15 nitrogen and oxygen atoms in total. The fourth-order valence-electron chi connectivity index (χ4n) is 5.99. The molecule has 0 saturated heterocycles. The van der Waals surface area contributed by atoms with Crippen molar-refractivity contribution in [2.24, 2.45) is 10.2 Å². The van der Waals surface area contributed by atoms with Crippen molar-refractivity contribution in [2.45, 2.75) is 13.8 Å². The van der Waals surface area contributed by atoms with Crippen LogP contribution in [0.15, 0.2) is 138 Å². The monoisotopic (exact) mass is 750 g/mol. The number of nitrogens with one attached hydrogen (secondary N) is 2. The van der Waals surface area contributed by atoms with Gasteiger partial charge in [-0.05, 0) is 103 Å². The van der Waals surface area contributed by atoms with Crippen molar-refractivity contribution in [3.63, 3.8) is 0 Å². The van der Waals surface area contributed by atoms with Gasteiger partial charge in [-0.1, -0.05) is 24.3 Å². The second kappa shape index (κ2) is 15.4. The van der Waals surface area contributed by atoms with Crippen molar-refractivity contribution in [1.29, 1.82) is 0 Å². The summed E-state index contributed by atoms with van der Waals surface area (Å²) in [5.41, 5.74) is 10.1. The first-order valence-electron chi connectivity index (χ1n) is 17.0. The fraction of sp³-hybridized carbons (Fsp3) is 0.0500. The van der Waals surface area contributed by atoms with Crippen molar-refractivity contribution < 1.29 is 33.6 Å². The number of benzene rings is 4. The number of rotatable bonds is 7. The lowest BCUT2D eigenvalue weighted by atomic mass is 9.80. The molecule has 2 amide bonds. The number of phenols is 1. The first-order valence-corrected chi connectivity index (χ1v) is 17.0. The van der Waals surface area contributed by atoms with Crippen LogP contribution >= 0.6 is 0 Å². The molecule has 4 aromatic carbocycles. The van der Waals surface area contributed by atoms with Crippen molar-refractivity contribution in [3.8, 4) is 5.75 Å². The van der Waals surface area contributed by atoms with Crippen LogP contribution in [-0.2, 0) is 0 Å². The Morgan fingerprint density at radius 1 is 0.643 bits per heavy atom. The summed E-state index contributed by atoms with van der Waals surface area (Å²) < 4.78 is 14.1. The quantitative estimate of drug-likeness (QED) is 0.0913. The second-order valence-electron chi connectivity index (χ2n) is 12.6. The lowest BCUT2D eigenvalue weighted by Crippen LogP contribution is -2.29. The number of phenolic OH excluding ortho intramolecular Hbond substituents is 1. The number of nitrogens with zero attached hydrogens (tertiary/aromatic N) is 4. The molecule has 0 spiro atoms. The van der Waals surface area contributed by atoms with Crippen molar-refractivity contribution >= 4 is 70.1 Å². The number of carbonyl (C=O) groups is 2. The molecule has 0 saturated carbocycles. The molecule has 278 valence electrons. The summed E-state index contributed by atoms with van der Waals surface area (Å²) in [6.45, 7) is 3.77. The number of aromatic nitrogens is 2.